The van der Waals surface area contributed by atoms with Crippen LogP contribution < -0.4 is 14.8 Å². The fraction of sp³-hybridized carbons (Fsp3) is 0.188. The zero-order chi connectivity index (χ0) is 14.8. The number of methoxy groups -OCH3 is 1. The van der Waals surface area contributed by atoms with E-state index in [0.29, 0.717) is 24.5 Å². The van der Waals surface area contributed by atoms with Gasteiger partial charge in [-0.3, -0.25) is 4.79 Å². The predicted molar refractivity (Wildman–Crippen MR) is 76.8 cm³/mol. The van der Waals surface area contributed by atoms with Gasteiger partial charge in [0, 0.05) is 6.54 Å². The Hall–Kier alpha value is -2.56. The first-order chi connectivity index (χ1) is 10.2. The predicted octanol–water partition coefficient (Wildman–Crippen LogP) is 2.87. The number of hydrogen-bond acceptors (Lipinski definition) is 4. The molecule has 1 aliphatic rings. The molecule has 1 aliphatic heterocycles. The van der Waals surface area contributed by atoms with E-state index < -0.39 is 11.6 Å². The minimum atomic E-state index is -0.661. The van der Waals surface area contributed by atoms with Gasteiger partial charge in [0.05, 0.1) is 23.9 Å². The van der Waals surface area contributed by atoms with Crippen LogP contribution in [-0.2, 0) is 0 Å². The summed E-state index contributed by atoms with van der Waals surface area (Å²) < 4.78 is 24.7. The quantitative estimate of drug-likeness (QED) is 0.882. The Balaban J connectivity index is 2.07. The molecule has 0 bridgehead atoms. The van der Waals surface area contributed by atoms with Gasteiger partial charge < -0.3 is 14.8 Å². The lowest BCUT2D eigenvalue weighted by molar-refractivity contribution is 0.103. The summed E-state index contributed by atoms with van der Waals surface area (Å²) in [5.74, 6) is -0.570. The van der Waals surface area contributed by atoms with E-state index in [1.807, 2.05) is 6.07 Å². The maximum absolute atomic E-state index is 14.2. The Bertz CT molecular complexity index is 700. The molecule has 108 valence electrons. The number of carbonyl (C=O) groups is 1. The van der Waals surface area contributed by atoms with Crippen LogP contribution in [0.1, 0.15) is 15.9 Å². The molecule has 0 saturated heterocycles. The SMILES string of the molecule is COc1cccc(C(=O)c2cccc3c2OCCN3)c1F. The van der Waals surface area contributed by atoms with Crippen molar-refractivity contribution >= 4 is 11.5 Å². The highest BCUT2D eigenvalue weighted by Gasteiger charge is 2.23. The minimum Gasteiger partial charge on any atom is -0.494 e. The van der Waals surface area contributed by atoms with Crippen LogP contribution in [-0.4, -0.2) is 26.0 Å². The lowest BCUT2D eigenvalue weighted by Gasteiger charge is -2.21. The highest BCUT2D eigenvalue weighted by atomic mass is 19.1. The molecule has 4 nitrogen and oxygen atoms in total. The first-order valence-corrected chi connectivity index (χ1v) is 6.59. The molecule has 0 unspecified atom stereocenters. The first kappa shape index (κ1) is 13.4. The summed E-state index contributed by atoms with van der Waals surface area (Å²) in [7, 11) is 1.37. The molecule has 0 amide bonds. The van der Waals surface area contributed by atoms with Crippen molar-refractivity contribution < 1.29 is 18.7 Å². The van der Waals surface area contributed by atoms with Crippen LogP contribution in [0, 0.1) is 5.82 Å². The van der Waals surface area contributed by atoms with Gasteiger partial charge in [0.2, 0.25) is 0 Å². The van der Waals surface area contributed by atoms with E-state index in [1.54, 1.807) is 18.2 Å². The minimum absolute atomic E-state index is 0.0306. The lowest BCUT2D eigenvalue weighted by atomic mass is 10.0. The monoisotopic (exact) mass is 287 g/mol. The van der Waals surface area contributed by atoms with Gasteiger partial charge in [0.25, 0.3) is 0 Å². The maximum Gasteiger partial charge on any atom is 0.199 e. The third-order valence-corrected chi connectivity index (χ3v) is 3.35. The van der Waals surface area contributed by atoms with E-state index in [9.17, 15) is 9.18 Å². The van der Waals surface area contributed by atoms with Gasteiger partial charge >= 0.3 is 0 Å². The molecule has 0 fully saturated rings. The number of anilines is 1. The fourth-order valence-electron chi connectivity index (χ4n) is 2.34. The van der Waals surface area contributed by atoms with Crippen LogP contribution in [0.25, 0.3) is 0 Å². The largest absolute Gasteiger partial charge is 0.494 e. The number of halogens is 1. The summed E-state index contributed by atoms with van der Waals surface area (Å²) in [6.07, 6.45) is 0. The number of ketones is 1. The van der Waals surface area contributed by atoms with Crippen molar-refractivity contribution in [1.82, 2.24) is 0 Å². The Morgan fingerprint density at radius 2 is 2.00 bits per heavy atom. The molecule has 5 heteroatoms. The maximum atomic E-state index is 14.2. The van der Waals surface area contributed by atoms with Crippen LogP contribution in [0.4, 0.5) is 10.1 Å². The van der Waals surface area contributed by atoms with Gasteiger partial charge in [-0.1, -0.05) is 12.1 Å². The van der Waals surface area contributed by atoms with Gasteiger partial charge in [0.1, 0.15) is 6.61 Å². The van der Waals surface area contributed by atoms with Crippen LogP contribution >= 0.6 is 0 Å². The number of benzene rings is 2. The standard InChI is InChI=1S/C16H14FNO3/c1-20-13-7-3-4-10(14(13)17)15(19)11-5-2-6-12-16(11)21-9-8-18-12/h2-7,18H,8-9H2,1H3. The van der Waals surface area contributed by atoms with Crippen molar-refractivity contribution in [2.75, 3.05) is 25.6 Å². The Morgan fingerprint density at radius 3 is 2.81 bits per heavy atom. The van der Waals surface area contributed by atoms with Crippen LogP contribution in [0.15, 0.2) is 36.4 Å². The molecule has 0 aromatic heterocycles. The molecular formula is C16H14FNO3. The highest BCUT2D eigenvalue weighted by molar-refractivity contribution is 6.12. The van der Waals surface area contributed by atoms with Crippen molar-refractivity contribution in [3.05, 3.63) is 53.3 Å². The molecule has 0 spiro atoms. The van der Waals surface area contributed by atoms with E-state index in [4.69, 9.17) is 9.47 Å². The molecule has 0 atom stereocenters. The van der Waals surface area contributed by atoms with Gasteiger partial charge in [-0.15, -0.1) is 0 Å². The second kappa shape index (κ2) is 5.44. The first-order valence-electron chi connectivity index (χ1n) is 6.59. The van der Waals surface area contributed by atoms with Crippen molar-refractivity contribution in [2.45, 2.75) is 0 Å². The molecule has 1 heterocycles. The fourth-order valence-corrected chi connectivity index (χ4v) is 2.34. The van der Waals surface area contributed by atoms with Gasteiger partial charge in [-0.25, -0.2) is 4.39 Å². The third kappa shape index (κ3) is 2.31. The number of fused-ring (bicyclic) bond motifs is 1. The number of rotatable bonds is 3. The summed E-state index contributed by atoms with van der Waals surface area (Å²) in [6, 6.07) is 9.70. The third-order valence-electron chi connectivity index (χ3n) is 3.35. The number of hydrogen-bond donors (Lipinski definition) is 1. The zero-order valence-corrected chi connectivity index (χ0v) is 11.5. The van der Waals surface area contributed by atoms with Crippen molar-refractivity contribution in [3.63, 3.8) is 0 Å². The van der Waals surface area contributed by atoms with E-state index >= 15 is 0 Å². The van der Waals surface area contributed by atoms with Crippen LogP contribution in [0.2, 0.25) is 0 Å². The summed E-state index contributed by atoms with van der Waals surface area (Å²) in [6.45, 7) is 1.15. The molecule has 0 radical (unpaired) electrons. The summed E-state index contributed by atoms with van der Waals surface area (Å²) >= 11 is 0. The van der Waals surface area contributed by atoms with Crippen LogP contribution in [0.5, 0.6) is 11.5 Å². The van der Waals surface area contributed by atoms with Gasteiger partial charge in [0.15, 0.2) is 23.1 Å². The number of para-hydroxylation sites is 1. The number of nitrogens with one attached hydrogen (secondary N) is 1. The molecule has 0 saturated carbocycles. The van der Waals surface area contributed by atoms with E-state index in [-0.39, 0.29) is 11.3 Å². The second-order valence-corrected chi connectivity index (χ2v) is 4.61. The average Bonchev–Trinajstić information content (AvgIpc) is 2.54. The zero-order valence-electron chi connectivity index (χ0n) is 11.5. The molecule has 3 rings (SSSR count). The number of ether oxygens (including phenoxy) is 2. The molecule has 2 aromatic rings. The van der Waals surface area contributed by atoms with Crippen molar-refractivity contribution in [2.24, 2.45) is 0 Å². The van der Waals surface area contributed by atoms with E-state index in [0.717, 1.165) is 5.69 Å². The Morgan fingerprint density at radius 1 is 1.24 bits per heavy atom. The van der Waals surface area contributed by atoms with Gasteiger partial charge in [-0.2, -0.15) is 0 Å². The average molecular weight is 287 g/mol. The highest BCUT2D eigenvalue weighted by Crippen LogP contribution is 2.33. The van der Waals surface area contributed by atoms with Crippen molar-refractivity contribution in [1.29, 1.82) is 0 Å². The molecule has 2 aromatic carbocycles. The normalized spacial score (nSPS) is 12.9. The van der Waals surface area contributed by atoms with Crippen molar-refractivity contribution in [3.8, 4) is 11.5 Å². The topological polar surface area (TPSA) is 47.6 Å². The summed E-state index contributed by atoms with van der Waals surface area (Å²) in [5.41, 5.74) is 1.05. The number of carbonyl (C=O) groups excluding carboxylic acids is 1. The molecular weight excluding hydrogens is 273 g/mol. The lowest BCUT2D eigenvalue weighted by Crippen LogP contribution is -2.20. The van der Waals surface area contributed by atoms with E-state index in [1.165, 1.54) is 19.2 Å². The van der Waals surface area contributed by atoms with Crippen LogP contribution in [0.3, 0.4) is 0 Å². The second-order valence-electron chi connectivity index (χ2n) is 4.61. The summed E-state index contributed by atoms with van der Waals surface area (Å²) in [4.78, 5) is 12.6. The Kier molecular flexibility index (Phi) is 3.48. The van der Waals surface area contributed by atoms with E-state index in [2.05, 4.69) is 5.32 Å². The Labute approximate surface area is 121 Å². The van der Waals surface area contributed by atoms with Gasteiger partial charge in [-0.05, 0) is 24.3 Å². The molecule has 0 aliphatic carbocycles. The smallest absolute Gasteiger partial charge is 0.199 e. The molecule has 21 heavy (non-hydrogen) atoms. The summed E-state index contributed by atoms with van der Waals surface area (Å²) in [5, 5.41) is 3.15. The molecule has 1 N–H and O–H groups in total.